The van der Waals surface area contributed by atoms with Crippen LogP contribution in [0.5, 0.6) is 0 Å². The quantitative estimate of drug-likeness (QED) is 0.493. The zero-order valence-corrected chi connectivity index (χ0v) is 10.4. The standard InChI is InChI=1S/C13H9BrN2O/c14-11-6-7(15)5-10-8-3-1-2-4-9(8)13(17)16-12(10)11/h1-6H,15H2,(H,16,17). The van der Waals surface area contributed by atoms with Crippen LogP contribution in [0.2, 0.25) is 0 Å². The summed E-state index contributed by atoms with van der Waals surface area (Å²) in [6.45, 7) is 0. The van der Waals surface area contributed by atoms with Crippen molar-refractivity contribution in [2.45, 2.75) is 0 Å². The fourth-order valence-electron chi connectivity index (χ4n) is 2.06. The third-order valence-corrected chi connectivity index (χ3v) is 3.44. The van der Waals surface area contributed by atoms with Gasteiger partial charge in [0.15, 0.2) is 0 Å². The number of anilines is 1. The summed E-state index contributed by atoms with van der Waals surface area (Å²) in [4.78, 5) is 14.8. The maximum absolute atomic E-state index is 11.9. The van der Waals surface area contributed by atoms with E-state index in [0.29, 0.717) is 11.1 Å². The fraction of sp³-hybridized carbons (Fsp3) is 0. The van der Waals surface area contributed by atoms with Gasteiger partial charge in [-0.2, -0.15) is 0 Å². The lowest BCUT2D eigenvalue weighted by Gasteiger charge is -2.06. The highest BCUT2D eigenvalue weighted by molar-refractivity contribution is 9.10. The highest BCUT2D eigenvalue weighted by Crippen LogP contribution is 2.29. The topological polar surface area (TPSA) is 58.9 Å². The lowest BCUT2D eigenvalue weighted by molar-refractivity contribution is 1.34. The van der Waals surface area contributed by atoms with E-state index in [2.05, 4.69) is 20.9 Å². The summed E-state index contributed by atoms with van der Waals surface area (Å²) in [7, 11) is 0. The van der Waals surface area contributed by atoms with Gasteiger partial charge in [-0.1, -0.05) is 18.2 Å². The number of halogens is 1. The molecule has 17 heavy (non-hydrogen) atoms. The van der Waals surface area contributed by atoms with Gasteiger partial charge in [-0.05, 0) is 39.5 Å². The van der Waals surface area contributed by atoms with E-state index >= 15 is 0 Å². The average molecular weight is 289 g/mol. The number of aromatic nitrogens is 1. The Bertz CT molecular complexity index is 792. The normalized spacial score (nSPS) is 11.1. The number of nitrogen functional groups attached to an aromatic ring is 1. The first-order valence-electron chi connectivity index (χ1n) is 5.16. The van der Waals surface area contributed by atoms with Crippen LogP contribution in [0.25, 0.3) is 21.7 Å². The number of nitrogens with two attached hydrogens (primary N) is 1. The van der Waals surface area contributed by atoms with E-state index in [1.807, 2.05) is 30.3 Å². The molecule has 84 valence electrons. The molecule has 0 bridgehead atoms. The molecule has 1 heterocycles. The van der Waals surface area contributed by atoms with Gasteiger partial charge >= 0.3 is 0 Å². The van der Waals surface area contributed by atoms with Crippen LogP contribution in [0.1, 0.15) is 0 Å². The van der Waals surface area contributed by atoms with Crippen molar-refractivity contribution >= 4 is 43.3 Å². The van der Waals surface area contributed by atoms with Crippen LogP contribution in [-0.4, -0.2) is 4.98 Å². The lowest BCUT2D eigenvalue weighted by Crippen LogP contribution is -2.06. The highest BCUT2D eigenvalue weighted by atomic mass is 79.9. The van der Waals surface area contributed by atoms with Crippen molar-refractivity contribution in [3.05, 3.63) is 51.2 Å². The molecule has 0 saturated carbocycles. The third-order valence-electron chi connectivity index (χ3n) is 2.81. The molecule has 0 radical (unpaired) electrons. The van der Waals surface area contributed by atoms with E-state index in [1.165, 1.54) is 0 Å². The summed E-state index contributed by atoms with van der Waals surface area (Å²) in [5, 5.41) is 2.55. The maximum Gasteiger partial charge on any atom is 0.256 e. The Hall–Kier alpha value is -1.81. The Balaban J connectivity index is 2.68. The molecule has 0 aliphatic heterocycles. The molecule has 0 saturated heterocycles. The Morgan fingerprint density at radius 2 is 1.76 bits per heavy atom. The van der Waals surface area contributed by atoms with Gasteiger partial charge in [0.05, 0.1) is 5.52 Å². The van der Waals surface area contributed by atoms with Crippen molar-refractivity contribution in [3.8, 4) is 0 Å². The first-order chi connectivity index (χ1) is 8.16. The molecule has 0 amide bonds. The van der Waals surface area contributed by atoms with Crippen LogP contribution in [-0.2, 0) is 0 Å². The van der Waals surface area contributed by atoms with Gasteiger partial charge in [0.25, 0.3) is 5.56 Å². The molecule has 0 fully saturated rings. The minimum atomic E-state index is -0.0847. The zero-order chi connectivity index (χ0) is 12.0. The van der Waals surface area contributed by atoms with Gasteiger partial charge in [0.1, 0.15) is 0 Å². The van der Waals surface area contributed by atoms with E-state index < -0.39 is 0 Å². The van der Waals surface area contributed by atoms with Gasteiger partial charge < -0.3 is 10.7 Å². The molecule has 4 heteroatoms. The Morgan fingerprint density at radius 1 is 1.06 bits per heavy atom. The van der Waals surface area contributed by atoms with E-state index in [9.17, 15) is 4.79 Å². The fourth-order valence-corrected chi connectivity index (χ4v) is 2.64. The minimum Gasteiger partial charge on any atom is -0.399 e. The predicted molar refractivity (Wildman–Crippen MR) is 74.2 cm³/mol. The molecule has 2 aromatic carbocycles. The van der Waals surface area contributed by atoms with Crippen LogP contribution < -0.4 is 11.3 Å². The van der Waals surface area contributed by atoms with Crippen molar-refractivity contribution in [2.24, 2.45) is 0 Å². The molecule has 3 aromatic rings. The van der Waals surface area contributed by atoms with Crippen LogP contribution >= 0.6 is 15.9 Å². The van der Waals surface area contributed by atoms with Crippen LogP contribution in [0.15, 0.2) is 45.7 Å². The Labute approximate surface area is 105 Å². The second-order valence-electron chi connectivity index (χ2n) is 3.92. The van der Waals surface area contributed by atoms with Gasteiger partial charge in [-0.3, -0.25) is 4.79 Å². The summed E-state index contributed by atoms with van der Waals surface area (Å²) >= 11 is 3.42. The van der Waals surface area contributed by atoms with E-state index in [-0.39, 0.29) is 5.56 Å². The van der Waals surface area contributed by atoms with E-state index in [1.54, 1.807) is 6.07 Å². The number of benzene rings is 2. The smallest absolute Gasteiger partial charge is 0.256 e. The summed E-state index contributed by atoms with van der Waals surface area (Å²) in [6, 6.07) is 11.2. The summed E-state index contributed by atoms with van der Waals surface area (Å²) < 4.78 is 0.801. The predicted octanol–water partition coefficient (Wildman–Crippen LogP) is 3.03. The second kappa shape index (κ2) is 3.60. The van der Waals surface area contributed by atoms with Crippen molar-refractivity contribution in [2.75, 3.05) is 5.73 Å². The number of hydrogen-bond acceptors (Lipinski definition) is 2. The third kappa shape index (κ3) is 1.52. The molecule has 0 aliphatic carbocycles. The first kappa shape index (κ1) is 10.4. The van der Waals surface area contributed by atoms with Crippen LogP contribution in [0.3, 0.4) is 0 Å². The number of H-pyrrole nitrogens is 1. The molecule has 3 rings (SSSR count). The molecule has 1 aromatic heterocycles. The lowest BCUT2D eigenvalue weighted by atomic mass is 10.1. The van der Waals surface area contributed by atoms with Crippen molar-refractivity contribution in [1.82, 2.24) is 4.98 Å². The largest absolute Gasteiger partial charge is 0.399 e. The monoisotopic (exact) mass is 288 g/mol. The van der Waals surface area contributed by atoms with Gasteiger partial charge in [-0.25, -0.2) is 0 Å². The number of fused-ring (bicyclic) bond motifs is 3. The Morgan fingerprint density at radius 3 is 2.53 bits per heavy atom. The molecule has 0 aliphatic rings. The molecule has 0 atom stereocenters. The van der Waals surface area contributed by atoms with Gasteiger partial charge in [0, 0.05) is 20.9 Å². The highest BCUT2D eigenvalue weighted by Gasteiger charge is 2.07. The summed E-state index contributed by atoms with van der Waals surface area (Å²) in [5.74, 6) is 0. The Kier molecular flexibility index (Phi) is 2.19. The second-order valence-corrected chi connectivity index (χ2v) is 4.78. The van der Waals surface area contributed by atoms with Crippen LogP contribution in [0, 0.1) is 0 Å². The van der Waals surface area contributed by atoms with Crippen LogP contribution in [0.4, 0.5) is 5.69 Å². The van der Waals surface area contributed by atoms with Crippen molar-refractivity contribution < 1.29 is 0 Å². The molecule has 3 N–H and O–H groups in total. The van der Waals surface area contributed by atoms with Gasteiger partial charge in [0.2, 0.25) is 0 Å². The summed E-state index contributed by atoms with van der Waals surface area (Å²) in [6.07, 6.45) is 0. The average Bonchev–Trinajstić information content (AvgIpc) is 2.31. The molecular weight excluding hydrogens is 280 g/mol. The number of rotatable bonds is 0. The summed E-state index contributed by atoms with van der Waals surface area (Å²) in [5.41, 5.74) is 7.20. The zero-order valence-electron chi connectivity index (χ0n) is 8.83. The molecular formula is C13H9BrN2O. The van der Waals surface area contributed by atoms with E-state index in [4.69, 9.17) is 5.73 Å². The molecule has 0 unspecified atom stereocenters. The van der Waals surface area contributed by atoms with Crippen molar-refractivity contribution in [1.29, 1.82) is 0 Å². The minimum absolute atomic E-state index is 0.0847. The molecule has 0 spiro atoms. The van der Waals surface area contributed by atoms with E-state index in [0.717, 1.165) is 20.8 Å². The maximum atomic E-state index is 11.9. The van der Waals surface area contributed by atoms with Crippen molar-refractivity contribution in [3.63, 3.8) is 0 Å². The first-order valence-corrected chi connectivity index (χ1v) is 5.96. The molecule has 3 nitrogen and oxygen atoms in total. The SMILES string of the molecule is Nc1cc(Br)c2[nH]c(=O)c3ccccc3c2c1. The number of aromatic amines is 1. The van der Waals surface area contributed by atoms with Gasteiger partial charge in [-0.15, -0.1) is 0 Å². The number of nitrogens with one attached hydrogen (secondary N) is 1. The number of pyridine rings is 1. The number of hydrogen-bond donors (Lipinski definition) is 2.